The van der Waals surface area contributed by atoms with Crippen LogP contribution in [0.3, 0.4) is 0 Å². The van der Waals surface area contributed by atoms with E-state index in [0.717, 1.165) is 55.9 Å². The molecule has 1 atom stereocenters. The predicted molar refractivity (Wildman–Crippen MR) is 151 cm³/mol. The number of amides is 1. The number of carbonyl (C=O) groups is 1. The first-order valence-electron chi connectivity index (χ1n) is 13.7. The van der Waals surface area contributed by atoms with Gasteiger partial charge in [-0.25, -0.2) is 13.6 Å². The van der Waals surface area contributed by atoms with Crippen LogP contribution in [0.1, 0.15) is 18.4 Å². The van der Waals surface area contributed by atoms with E-state index >= 15 is 4.39 Å². The first-order chi connectivity index (χ1) is 20.1. The van der Waals surface area contributed by atoms with Crippen molar-refractivity contribution in [1.82, 2.24) is 19.4 Å². The Bertz CT molecular complexity index is 1630. The third-order valence-corrected chi connectivity index (χ3v) is 9.48. The van der Waals surface area contributed by atoms with Crippen LogP contribution in [0.2, 0.25) is 0 Å². The fourth-order valence-corrected chi connectivity index (χ4v) is 7.56. The highest BCUT2D eigenvalue weighted by Gasteiger charge is 2.40. The molecule has 0 saturated carbocycles. The van der Waals surface area contributed by atoms with Crippen molar-refractivity contribution in [2.75, 3.05) is 49.9 Å². The number of hydrogen-bond donors (Lipinski definition) is 0. The van der Waals surface area contributed by atoms with Crippen LogP contribution in [0.4, 0.5) is 27.8 Å². The minimum atomic E-state index is -4.89. The van der Waals surface area contributed by atoms with E-state index in [-0.39, 0.29) is 71.9 Å². The molecule has 7 nitrogen and oxygen atoms in total. The number of hydrogen-bond acceptors (Lipinski definition) is 6. The second kappa shape index (κ2) is 11.0. The Hall–Kier alpha value is -3.45. The third kappa shape index (κ3) is 5.06. The molecule has 0 aliphatic carbocycles. The van der Waals surface area contributed by atoms with Crippen molar-refractivity contribution in [1.29, 1.82) is 0 Å². The molecule has 6 rings (SSSR count). The summed E-state index contributed by atoms with van der Waals surface area (Å²) in [6, 6.07) is 3.30. The summed E-state index contributed by atoms with van der Waals surface area (Å²) in [7, 11) is 0. The van der Waals surface area contributed by atoms with Crippen molar-refractivity contribution in [2.24, 2.45) is 0 Å². The summed E-state index contributed by atoms with van der Waals surface area (Å²) in [6.07, 6.45) is -1.72. The molecule has 0 radical (unpaired) electrons. The van der Waals surface area contributed by atoms with Crippen LogP contribution in [0.15, 0.2) is 46.6 Å². The molecule has 222 valence electrons. The van der Waals surface area contributed by atoms with E-state index in [4.69, 9.17) is 0 Å². The maximum Gasteiger partial charge on any atom is 0.417 e. The lowest BCUT2D eigenvalue weighted by Gasteiger charge is -2.35. The summed E-state index contributed by atoms with van der Waals surface area (Å²) in [5.74, 6) is -1.81. The van der Waals surface area contributed by atoms with Gasteiger partial charge in [-0.3, -0.25) is 14.3 Å². The number of carbonyl (C=O) groups excluding carboxylic acids is 1. The summed E-state index contributed by atoms with van der Waals surface area (Å²) in [4.78, 5) is 35.7. The minimum absolute atomic E-state index is 0.0926. The second-order valence-corrected chi connectivity index (χ2v) is 11.7. The van der Waals surface area contributed by atoms with E-state index in [1.165, 1.54) is 10.6 Å². The summed E-state index contributed by atoms with van der Waals surface area (Å²) < 4.78 is 74.8. The first kappa shape index (κ1) is 28.7. The van der Waals surface area contributed by atoms with Crippen LogP contribution < -0.4 is 10.6 Å². The average Bonchev–Trinajstić information content (AvgIpc) is 3.42. The molecule has 2 saturated heterocycles. The number of likely N-dealkylation sites (tertiary alicyclic amines) is 1. The highest BCUT2D eigenvalue weighted by molar-refractivity contribution is 7.99. The van der Waals surface area contributed by atoms with Crippen molar-refractivity contribution in [3.05, 3.63) is 64.6 Å². The predicted octanol–water partition coefficient (Wildman–Crippen LogP) is 4.77. The van der Waals surface area contributed by atoms with Gasteiger partial charge in [-0.05, 0) is 50.2 Å². The van der Waals surface area contributed by atoms with Gasteiger partial charge in [0.05, 0.1) is 11.1 Å². The SMILES string of the molecule is C=CC(=O)N1CCN(c2nc(=O)n3c4c(c(-c5ccc(F)cc5F)c(C(F)(F)F)cc24)SCC(N2CCCC2)C3)CC1. The van der Waals surface area contributed by atoms with Gasteiger partial charge < -0.3 is 9.80 Å². The lowest BCUT2D eigenvalue weighted by molar-refractivity contribution is -0.137. The van der Waals surface area contributed by atoms with E-state index in [0.29, 0.717) is 11.8 Å². The van der Waals surface area contributed by atoms with Crippen LogP contribution in [0.25, 0.3) is 22.0 Å². The van der Waals surface area contributed by atoms with Gasteiger partial charge in [-0.1, -0.05) is 6.58 Å². The third-order valence-electron chi connectivity index (χ3n) is 8.24. The highest BCUT2D eigenvalue weighted by atomic mass is 32.2. The second-order valence-electron chi connectivity index (χ2n) is 10.7. The summed E-state index contributed by atoms with van der Waals surface area (Å²) in [5.41, 5.74) is -2.24. The molecule has 0 N–H and O–H groups in total. The Balaban J connectivity index is 1.60. The van der Waals surface area contributed by atoms with Gasteiger partial charge in [0, 0.05) is 72.0 Å². The normalized spacial score (nSPS) is 19.8. The number of alkyl halides is 3. The van der Waals surface area contributed by atoms with Crippen molar-refractivity contribution < 1.29 is 26.7 Å². The quantitative estimate of drug-likeness (QED) is 0.316. The molecular formula is C29H28F5N5O2S. The number of anilines is 1. The molecule has 2 fully saturated rings. The molecule has 1 amide bonds. The molecule has 3 aromatic rings. The van der Waals surface area contributed by atoms with Crippen molar-refractivity contribution in [2.45, 2.75) is 36.5 Å². The molecule has 1 unspecified atom stereocenters. The standard InChI is InChI=1S/C29H28F5N5O2S/c1-2-23(40)37-9-11-38(12-10-37)27-20-14-21(29(32,33)34)24(19-6-5-17(30)13-22(19)31)26-25(20)39(28(41)35-27)15-18(16-42-26)36-7-3-4-8-36/h2,5-6,13-14,18H,1,3-4,7-12,15-16H2. The smallest absolute Gasteiger partial charge is 0.352 e. The zero-order chi connectivity index (χ0) is 29.8. The lowest BCUT2D eigenvalue weighted by atomic mass is 9.95. The topological polar surface area (TPSA) is 61.7 Å². The van der Waals surface area contributed by atoms with Crippen molar-refractivity contribution >= 4 is 34.4 Å². The number of benzene rings is 2. The van der Waals surface area contributed by atoms with Gasteiger partial charge in [-0.2, -0.15) is 18.2 Å². The van der Waals surface area contributed by atoms with Crippen LogP contribution >= 0.6 is 11.8 Å². The number of halogens is 5. The number of nitrogens with zero attached hydrogens (tertiary/aromatic N) is 5. The molecule has 0 spiro atoms. The number of aromatic nitrogens is 2. The highest BCUT2D eigenvalue weighted by Crippen LogP contribution is 2.49. The average molecular weight is 606 g/mol. The van der Waals surface area contributed by atoms with Gasteiger partial charge in [0.25, 0.3) is 0 Å². The lowest BCUT2D eigenvalue weighted by Crippen LogP contribution is -2.49. The van der Waals surface area contributed by atoms with Gasteiger partial charge in [0.1, 0.15) is 17.5 Å². The minimum Gasteiger partial charge on any atom is -0.352 e. The van der Waals surface area contributed by atoms with E-state index < -0.39 is 34.6 Å². The van der Waals surface area contributed by atoms with Crippen LogP contribution in [-0.4, -0.2) is 76.3 Å². The maximum atomic E-state index is 15.2. The first-order valence-corrected chi connectivity index (χ1v) is 14.7. The molecule has 4 heterocycles. The fraction of sp³-hybridized carbons (Fsp3) is 0.414. The van der Waals surface area contributed by atoms with E-state index in [9.17, 15) is 27.2 Å². The maximum absolute atomic E-state index is 15.2. The van der Waals surface area contributed by atoms with Crippen molar-refractivity contribution in [3.8, 4) is 11.1 Å². The van der Waals surface area contributed by atoms with Crippen LogP contribution in [0.5, 0.6) is 0 Å². The Morgan fingerprint density at radius 3 is 2.40 bits per heavy atom. The van der Waals surface area contributed by atoms with Gasteiger partial charge in [0.15, 0.2) is 0 Å². The molecule has 1 aromatic heterocycles. The van der Waals surface area contributed by atoms with E-state index in [2.05, 4.69) is 16.5 Å². The summed E-state index contributed by atoms with van der Waals surface area (Å²) in [5, 5.41) is 0.126. The Labute approximate surface area is 242 Å². The zero-order valence-corrected chi connectivity index (χ0v) is 23.4. The fourth-order valence-electron chi connectivity index (χ4n) is 6.17. The zero-order valence-electron chi connectivity index (χ0n) is 22.6. The molecule has 2 aromatic carbocycles. The van der Waals surface area contributed by atoms with E-state index in [1.54, 1.807) is 9.80 Å². The number of thioether (sulfide) groups is 1. The van der Waals surface area contributed by atoms with Gasteiger partial charge in [0.2, 0.25) is 5.91 Å². The Morgan fingerprint density at radius 1 is 1.05 bits per heavy atom. The largest absolute Gasteiger partial charge is 0.417 e. The monoisotopic (exact) mass is 605 g/mol. The van der Waals surface area contributed by atoms with Crippen molar-refractivity contribution in [3.63, 3.8) is 0 Å². The number of piperazine rings is 1. The molecule has 42 heavy (non-hydrogen) atoms. The molecular weight excluding hydrogens is 577 g/mol. The van der Waals surface area contributed by atoms with Gasteiger partial charge >= 0.3 is 11.9 Å². The molecule has 0 bridgehead atoms. The Kier molecular flexibility index (Phi) is 7.50. The van der Waals surface area contributed by atoms with Crippen LogP contribution in [0, 0.1) is 11.6 Å². The summed E-state index contributed by atoms with van der Waals surface area (Å²) in [6.45, 7) is 6.40. The van der Waals surface area contributed by atoms with Gasteiger partial charge in [-0.15, -0.1) is 11.8 Å². The molecule has 13 heteroatoms. The molecule has 3 aliphatic rings. The van der Waals surface area contributed by atoms with E-state index in [1.807, 2.05) is 0 Å². The summed E-state index contributed by atoms with van der Waals surface area (Å²) >= 11 is 1.16. The van der Waals surface area contributed by atoms with Crippen LogP contribution in [-0.2, 0) is 17.5 Å². The Morgan fingerprint density at radius 2 is 1.76 bits per heavy atom. The number of rotatable bonds is 4. The molecule has 3 aliphatic heterocycles.